The van der Waals surface area contributed by atoms with Crippen LogP contribution in [-0.2, 0) is 13.0 Å². The molecule has 2 aromatic heterocycles. The fraction of sp³-hybridized carbons (Fsp3) is 0.400. The quantitative estimate of drug-likeness (QED) is 0.347. The van der Waals surface area contributed by atoms with Crippen molar-refractivity contribution in [3.63, 3.8) is 0 Å². The molecular formula is C30H34ClN5O. The van der Waals surface area contributed by atoms with Crippen LogP contribution in [0.5, 0.6) is 0 Å². The lowest BCUT2D eigenvalue weighted by molar-refractivity contribution is 0.0333. The van der Waals surface area contributed by atoms with Crippen LogP contribution >= 0.6 is 11.6 Å². The van der Waals surface area contributed by atoms with E-state index in [0.29, 0.717) is 0 Å². The largest absolute Gasteiger partial charge is 0.392 e. The van der Waals surface area contributed by atoms with Gasteiger partial charge in [-0.2, -0.15) is 0 Å². The molecule has 1 fully saturated rings. The molecule has 1 saturated heterocycles. The van der Waals surface area contributed by atoms with Gasteiger partial charge < -0.3 is 19.9 Å². The van der Waals surface area contributed by atoms with Crippen molar-refractivity contribution in [3.05, 3.63) is 70.0 Å². The van der Waals surface area contributed by atoms with Crippen LogP contribution in [0.1, 0.15) is 42.7 Å². The Morgan fingerprint density at radius 3 is 2.70 bits per heavy atom. The fourth-order valence-corrected chi connectivity index (χ4v) is 6.14. The number of nitrogens with zero attached hydrogens (tertiary/aromatic N) is 4. The molecule has 6 nitrogen and oxygen atoms in total. The Morgan fingerprint density at radius 2 is 1.89 bits per heavy atom. The molecule has 37 heavy (non-hydrogen) atoms. The van der Waals surface area contributed by atoms with Crippen molar-refractivity contribution >= 4 is 34.0 Å². The summed E-state index contributed by atoms with van der Waals surface area (Å²) in [7, 11) is 0. The summed E-state index contributed by atoms with van der Waals surface area (Å²) < 4.78 is 0. The third kappa shape index (κ3) is 4.26. The Morgan fingerprint density at radius 1 is 1.05 bits per heavy atom. The summed E-state index contributed by atoms with van der Waals surface area (Å²) in [5, 5.41) is 12.6. The van der Waals surface area contributed by atoms with Gasteiger partial charge in [-0.1, -0.05) is 43.6 Å². The molecule has 4 aromatic rings. The van der Waals surface area contributed by atoms with E-state index in [2.05, 4.69) is 72.8 Å². The molecule has 0 bridgehead atoms. The van der Waals surface area contributed by atoms with Crippen LogP contribution in [0.4, 0.5) is 11.5 Å². The SMILES string of the molecule is Cc1ccc(Cl)cc1N1CCc2nc(-c3cccc4[nH]cc(C)c34)nc(N3CC[C@@H](O)C(C)(C)C3)c2C1. The molecule has 0 saturated carbocycles. The molecule has 2 aliphatic heterocycles. The standard InChI is InChI=1S/C30H34ClN5O/c1-18-8-9-20(31)14-25(18)35-12-10-23-22(16-35)29(36-13-11-26(37)30(3,4)17-36)34-28(33-23)21-6-5-7-24-27(21)19(2)15-32-24/h5-9,14-15,26,32,37H,10-13,16-17H2,1-4H3/t26-/m1/s1. The number of H-pyrrole nitrogens is 1. The predicted molar refractivity (Wildman–Crippen MR) is 152 cm³/mol. The Bertz CT molecular complexity index is 1490. The number of halogens is 1. The predicted octanol–water partition coefficient (Wildman–Crippen LogP) is 6.06. The first-order valence-electron chi connectivity index (χ1n) is 13.1. The van der Waals surface area contributed by atoms with Crippen molar-refractivity contribution in [2.75, 3.05) is 29.4 Å². The van der Waals surface area contributed by atoms with Crippen LogP contribution in [0.15, 0.2) is 42.6 Å². The van der Waals surface area contributed by atoms with E-state index < -0.39 is 0 Å². The molecule has 2 aliphatic rings. The highest BCUT2D eigenvalue weighted by Crippen LogP contribution is 2.38. The summed E-state index contributed by atoms with van der Waals surface area (Å²) in [5.41, 5.74) is 7.81. The van der Waals surface area contributed by atoms with Gasteiger partial charge in [-0.05, 0) is 49.6 Å². The van der Waals surface area contributed by atoms with E-state index in [4.69, 9.17) is 21.6 Å². The third-order valence-electron chi connectivity index (χ3n) is 8.17. The smallest absolute Gasteiger partial charge is 0.162 e. The Kier molecular flexibility index (Phi) is 5.92. The maximum atomic E-state index is 10.7. The lowest BCUT2D eigenvalue weighted by Gasteiger charge is -2.44. The highest BCUT2D eigenvalue weighted by Gasteiger charge is 2.37. The van der Waals surface area contributed by atoms with Gasteiger partial charge in [0.05, 0.1) is 11.8 Å². The topological polar surface area (TPSA) is 68.3 Å². The molecule has 7 heteroatoms. The van der Waals surface area contributed by atoms with Gasteiger partial charge in [0.2, 0.25) is 0 Å². The zero-order chi connectivity index (χ0) is 25.9. The summed E-state index contributed by atoms with van der Waals surface area (Å²) in [4.78, 5) is 18.6. The summed E-state index contributed by atoms with van der Waals surface area (Å²) >= 11 is 6.39. The molecule has 0 unspecified atom stereocenters. The zero-order valence-corrected chi connectivity index (χ0v) is 22.7. The van der Waals surface area contributed by atoms with Crippen LogP contribution in [0.2, 0.25) is 5.02 Å². The second kappa shape index (κ2) is 9.03. The summed E-state index contributed by atoms with van der Waals surface area (Å²) in [6, 6.07) is 12.4. The number of hydrogen-bond donors (Lipinski definition) is 2. The highest BCUT2D eigenvalue weighted by atomic mass is 35.5. The second-order valence-corrected chi connectivity index (χ2v) is 11.7. The lowest BCUT2D eigenvalue weighted by atomic mass is 9.81. The van der Waals surface area contributed by atoms with Crippen molar-refractivity contribution in [1.29, 1.82) is 0 Å². The second-order valence-electron chi connectivity index (χ2n) is 11.3. The molecule has 0 aliphatic carbocycles. The van der Waals surface area contributed by atoms with E-state index in [1.165, 1.54) is 22.1 Å². The number of aliphatic hydroxyl groups excluding tert-OH is 1. The molecule has 2 N–H and O–H groups in total. The van der Waals surface area contributed by atoms with Gasteiger partial charge in [0.25, 0.3) is 0 Å². The number of fused-ring (bicyclic) bond motifs is 2. The highest BCUT2D eigenvalue weighted by molar-refractivity contribution is 6.30. The molecule has 2 aromatic carbocycles. The zero-order valence-electron chi connectivity index (χ0n) is 22.0. The van der Waals surface area contributed by atoms with E-state index in [0.717, 1.165) is 78.1 Å². The van der Waals surface area contributed by atoms with E-state index in [1.807, 2.05) is 12.3 Å². The number of piperidine rings is 1. The van der Waals surface area contributed by atoms with Crippen molar-refractivity contribution in [3.8, 4) is 11.4 Å². The minimum Gasteiger partial charge on any atom is -0.392 e. The van der Waals surface area contributed by atoms with Crippen molar-refractivity contribution in [2.24, 2.45) is 5.41 Å². The Hall–Kier alpha value is -3.09. The van der Waals surface area contributed by atoms with Crippen LogP contribution in [0.25, 0.3) is 22.3 Å². The number of anilines is 2. The van der Waals surface area contributed by atoms with Gasteiger partial charge in [-0.25, -0.2) is 9.97 Å². The van der Waals surface area contributed by atoms with Crippen LogP contribution in [0.3, 0.4) is 0 Å². The van der Waals surface area contributed by atoms with Gasteiger partial charge in [-0.3, -0.25) is 0 Å². The molecule has 6 rings (SSSR count). The Balaban J connectivity index is 1.49. The van der Waals surface area contributed by atoms with Gasteiger partial charge in [0.1, 0.15) is 5.82 Å². The van der Waals surface area contributed by atoms with E-state index in [9.17, 15) is 5.11 Å². The maximum absolute atomic E-state index is 10.7. The van der Waals surface area contributed by atoms with Gasteiger partial charge in [0, 0.05) is 77.0 Å². The Labute approximate surface area is 223 Å². The maximum Gasteiger partial charge on any atom is 0.162 e. The summed E-state index contributed by atoms with van der Waals surface area (Å²) in [5.74, 6) is 1.77. The molecule has 192 valence electrons. The normalized spacial score (nSPS) is 19.4. The number of aromatic amines is 1. The van der Waals surface area contributed by atoms with E-state index in [1.54, 1.807) is 0 Å². The van der Waals surface area contributed by atoms with Gasteiger partial charge in [-0.15, -0.1) is 0 Å². The average Bonchev–Trinajstić information content (AvgIpc) is 3.27. The fourth-order valence-electron chi connectivity index (χ4n) is 5.98. The number of nitrogens with one attached hydrogen (secondary N) is 1. The number of benzene rings is 2. The van der Waals surface area contributed by atoms with Gasteiger partial charge >= 0.3 is 0 Å². The number of rotatable bonds is 3. The van der Waals surface area contributed by atoms with Gasteiger partial charge in [0.15, 0.2) is 5.82 Å². The third-order valence-corrected chi connectivity index (χ3v) is 8.40. The monoisotopic (exact) mass is 515 g/mol. The minimum atomic E-state index is -0.317. The summed E-state index contributed by atoms with van der Waals surface area (Å²) in [6.45, 7) is 11.7. The number of aliphatic hydroxyl groups is 1. The van der Waals surface area contributed by atoms with Crippen LogP contribution < -0.4 is 9.80 Å². The molecule has 4 heterocycles. The minimum absolute atomic E-state index is 0.217. The molecular weight excluding hydrogens is 482 g/mol. The van der Waals surface area contributed by atoms with Crippen molar-refractivity contribution in [1.82, 2.24) is 15.0 Å². The van der Waals surface area contributed by atoms with E-state index >= 15 is 0 Å². The number of hydrogen-bond acceptors (Lipinski definition) is 5. The van der Waals surface area contributed by atoms with Crippen LogP contribution in [0, 0.1) is 19.3 Å². The first-order chi connectivity index (χ1) is 17.7. The van der Waals surface area contributed by atoms with Crippen LogP contribution in [-0.4, -0.2) is 45.8 Å². The van der Waals surface area contributed by atoms with Crippen molar-refractivity contribution in [2.45, 2.75) is 53.2 Å². The summed E-state index contributed by atoms with van der Waals surface area (Å²) in [6.07, 6.45) is 3.30. The van der Waals surface area contributed by atoms with Crippen molar-refractivity contribution < 1.29 is 5.11 Å². The first kappa shape index (κ1) is 24.3. The number of aryl methyl sites for hydroxylation is 2. The van der Waals surface area contributed by atoms with E-state index in [-0.39, 0.29) is 11.5 Å². The lowest BCUT2D eigenvalue weighted by Crippen LogP contribution is -2.49. The molecule has 0 spiro atoms. The molecule has 1 atom stereocenters. The molecule has 0 amide bonds. The molecule has 0 radical (unpaired) electrons. The number of aromatic nitrogens is 3. The first-order valence-corrected chi connectivity index (χ1v) is 13.5. The average molecular weight is 516 g/mol.